The molecule has 52 heavy (non-hydrogen) atoms. The number of allylic oxidation sites excluding steroid dienone is 6. The summed E-state index contributed by atoms with van der Waals surface area (Å²) in [5, 5.41) is 8.86. The van der Waals surface area contributed by atoms with Crippen molar-refractivity contribution in [3.8, 4) is 0 Å². The summed E-state index contributed by atoms with van der Waals surface area (Å²) in [5.74, 6) is -2.40. The summed E-state index contributed by atoms with van der Waals surface area (Å²) in [7, 11) is -4.71. The Bertz CT molecular complexity index is 1030. The number of unbranched alkanes of at least 4 members (excludes halogenated alkanes) is 17. The molecular formula is C40H72NO10P. The first-order valence-corrected chi connectivity index (χ1v) is 21.5. The SMILES string of the molecule is CCCC/C=C/CCCCCCCC(=O)O[C@@H](COC(=O)CCCCCCCCC/C=C/C/C=C/CCCCC)COP(=O)(O)OC[C@@H](N)C(=O)O. The normalized spacial score (nSPS) is 14.2. The summed E-state index contributed by atoms with van der Waals surface area (Å²) >= 11 is 0. The number of phosphoric ester groups is 1. The number of carboxylic acid groups (broad SMARTS) is 1. The summed E-state index contributed by atoms with van der Waals surface area (Å²) in [4.78, 5) is 45.8. The standard InChI is InChI=1S/C40H72NO10P/c1-3-5-7-9-11-13-15-16-17-18-19-20-22-23-25-27-29-31-38(42)48-33-36(34-49-52(46,47)50-35-37(41)40(44)45)51-39(43)32-30-28-26-24-21-14-12-10-8-6-4-2/h10-13,16-17,36-37H,3-9,14-15,18-35,41H2,1-2H3,(H,44,45)(H,46,47)/b12-10+,13-11+,17-16+/t36-,37+/m0/s1. The Morgan fingerprint density at radius 1 is 0.596 bits per heavy atom. The van der Waals surface area contributed by atoms with Crippen molar-refractivity contribution in [3.63, 3.8) is 0 Å². The Balaban J connectivity index is 4.39. The number of esters is 2. The highest BCUT2D eigenvalue weighted by molar-refractivity contribution is 7.47. The van der Waals surface area contributed by atoms with Gasteiger partial charge in [-0.15, -0.1) is 0 Å². The van der Waals surface area contributed by atoms with Gasteiger partial charge in [0.25, 0.3) is 0 Å². The monoisotopic (exact) mass is 757 g/mol. The molecule has 11 nitrogen and oxygen atoms in total. The summed E-state index contributed by atoms with van der Waals surface area (Å²) in [6, 6.07) is -1.52. The van der Waals surface area contributed by atoms with Crippen LogP contribution in [0, 0.1) is 0 Å². The maximum Gasteiger partial charge on any atom is 0.472 e. The van der Waals surface area contributed by atoms with Gasteiger partial charge in [0.2, 0.25) is 0 Å². The first-order valence-electron chi connectivity index (χ1n) is 20.0. The van der Waals surface area contributed by atoms with Crippen molar-refractivity contribution in [3.05, 3.63) is 36.5 Å². The number of hydrogen-bond acceptors (Lipinski definition) is 9. The lowest BCUT2D eigenvalue weighted by Gasteiger charge is -2.20. The lowest BCUT2D eigenvalue weighted by molar-refractivity contribution is -0.161. The number of carbonyl (C=O) groups is 3. The quantitative estimate of drug-likeness (QED) is 0.0238. The smallest absolute Gasteiger partial charge is 0.472 e. The van der Waals surface area contributed by atoms with Crippen molar-refractivity contribution in [1.29, 1.82) is 0 Å². The van der Waals surface area contributed by atoms with Crippen LogP contribution in [0.4, 0.5) is 0 Å². The fourth-order valence-electron chi connectivity index (χ4n) is 5.13. The maximum absolute atomic E-state index is 12.5. The van der Waals surface area contributed by atoms with E-state index in [1.807, 2.05) is 0 Å². The number of nitrogens with two attached hydrogens (primary N) is 1. The van der Waals surface area contributed by atoms with Crippen LogP contribution in [0.1, 0.15) is 168 Å². The van der Waals surface area contributed by atoms with E-state index in [1.165, 1.54) is 57.8 Å². The van der Waals surface area contributed by atoms with Crippen molar-refractivity contribution < 1.29 is 47.5 Å². The lowest BCUT2D eigenvalue weighted by atomic mass is 10.1. The molecule has 0 bridgehead atoms. The number of carbonyl (C=O) groups excluding carboxylic acids is 2. The molecule has 0 amide bonds. The van der Waals surface area contributed by atoms with E-state index >= 15 is 0 Å². The van der Waals surface area contributed by atoms with E-state index in [2.05, 4.69) is 54.8 Å². The highest BCUT2D eigenvalue weighted by atomic mass is 31.2. The molecular weight excluding hydrogens is 685 g/mol. The largest absolute Gasteiger partial charge is 0.480 e. The number of aliphatic carboxylic acids is 1. The number of phosphoric acid groups is 1. The van der Waals surface area contributed by atoms with Gasteiger partial charge in [-0.3, -0.25) is 23.4 Å². The first kappa shape index (κ1) is 49.7. The summed E-state index contributed by atoms with van der Waals surface area (Å²) < 4.78 is 32.6. The Kier molecular flexibility index (Phi) is 34.1. The first-order chi connectivity index (χ1) is 25.1. The van der Waals surface area contributed by atoms with Gasteiger partial charge < -0.3 is 25.2 Å². The second-order valence-electron chi connectivity index (χ2n) is 13.4. The van der Waals surface area contributed by atoms with Crippen molar-refractivity contribution in [2.24, 2.45) is 5.73 Å². The molecule has 0 aliphatic carbocycles. The molecule has 0 aromatic rings. The molecule has 302 valence electrons. The van der Waals surface area contributed by atoms with Crippen LogP contribution in [0.25, 0.3) is 0 Å². The molecule has 0 aromatic heterocycles. The topological polar surface area (TPSA) is 172 Å². The van der Waals surface area contributed by atoms with Gasteiger partial charge in [-0.1, -0.05) is 127 Å². The van der Waals surface area contributed by atoms with Gasteiger partial charge in [0.15, 0.2) is 6.10 Å². The van der Waals surface area contributed by atoms with Crippen LogP contribution in [0.15, 0.2) is 36.5 Å². The third-order valence-electron chi connectivity index (χ3n) is 8.36. The van der Waals surface area contributed by atoms with E-state index in [4.69, 9.17) is 24.8 Å². The molecule has 0 aliphatic heterocycles. The van der Waals surface area contributed by atoms with E-state index in [9.17, 15) is 23.8 Å². The average Bonchev–Trinajstić information content (AvgIpc) is 3.12. The zero-order valence-electron chi connectivity index (χ0n) is 32.4. The van der Waals surface area contributed by atoms with E-state index in [0.29, 0.717) is 12.8 Å². The molecule has 0 saturated heterocycles. The van der Waals surface area contributed by atoms with Gasteiger partial charge in [0.05, 0.1) is 13.2 Å². The third kappa shape index (κ3) is 34.8. The van der Waals surface area contributed by atoms with Crippen molar-refractivity contribution in [2.45, 2.75) is 180 Å². The Hall–Kier alpha value is -2.30. The number of ether oxygens (including phenoxy) is 2. The lowest BCUT2D eigenvalue weighted by Crippen LogP contribution is -2.34. The molecule has 0 rings (SSSR count). The van der Waals surface area contributed by atoms with E-state index in [-0.39, 0.29) is 19.4 Å². The fourth-order valence-corrected chi connectivity index (χ4v) is 5.91. The fraction of sp³-hybridized carbons (Fsp3) is 0.775. The van der Waals surface area contributed by atoms with Gasteiger partial charge in [0.1, 0.15) is 12.6 Å². The molecule has 0 heterocycles. The van der Waals surface area contributed by atoms with Gasteiger partial charge >= 0.3 is 25.7 Å². The molecule has 0 radical (unpaired) electrons. The Morgan fingerprint density at radius 3 is 1.58 bits per heavy atom. The van der Waals surface area contributed by atoms with Crippen molar-refractivity contribution in [1.82, 2.24) is 0 Å². The molecule has 3 atom stereocenters. The molecule has 0 aliphatic rings. The van der Waals surface area contributed by atoms with E-state index in [1.54, 1.807) is 0 Å². The highest BCUT2D eigenvalue weighted by Crippen LogP contribution is 2.43. The molecule has 0 fully saturated rings. The molecule has 0 aromatic carbocycles. The maximum atomic E-state index is 12.5. The van der Waals surface area contributed by atoms with Crippen LogP contribution >= 0.6 is 7.82 Å². The molecule has 4 N–H and O–H groups in total. The van der Waals surface area contributed by atoms with Gasteiger partial charge in [-0.25, -0.2) is 4.57 Å². The zero-order chi connectivity index (χ0) is 38.5. The summed E-state index contributed by atoms with van der Waals surface area (Å²) in [6.45, 7) is 2.70. The zero-order valence-corrected chi connectivity index (χ0v) is 33.3. The van der Waals surface area contributed by atoms with Gasteiger partial charge in [-0.05, 0) is 64.2 Å². The Labute approximate surface area is 314 Å². The molecule has 1 unspecified atom stereocenters. The van der Waals surface area contributed by atoms with E-state index < -0.39 is 51.1 Å². The summed E-state index contributed by atoms with van der Waals surface area (Å²) in [6.07, 6.45) is 36.4. The number of rotatable bonds is 37. The second kappa shape index (κ2) is 35.7. The van der Waals surface area contributed by atoms with Gasteiger partial charge in [-0.2, -0.15) is 0 Å². The molecule has 0 spiro atoms. The van der Waals surface area contributed by atoms with Crippen LogP contribution in [0.2, 0.25) is 0 Å². The second-order valence-corrected chi connectivity index (χ2v) is 14.9. The molecule has 12 heteroatoms. The van der Waals surface area contributed by atoms with E-state index in [0.717, 1.165) is 70.6 Å². The van der Waals surface area contributed by atoms with Crippen molar-refractivity contribution in [2.75, 3.05) is 19.8 Å². The Morgan fingerprint density at radius 2 is 1.04 bits per heavy atom. The van der Waals surface area contributed by atoms with Crippen LogP contribution in [-0.4, -0.2) is 59.9 Å². The van der Waals surface area contributed by atoms with Crippen molar-refractivity contribution >= 4 is 25.7 Å². The predicted molar refractivity (Wildman–Crippen MR) is 208 cm³/mol. The summed E-state index contributed by atoms with van der Waals surface area (Å²) in [5.41, 5.74) is 5.32. The van der Waals surface area contributed by atoms with Crippen LogP contribution in [0.5, 0.6) is 0 Å². The minimum absolute atomic E-state index is 0.148. The average molecular weight is 758 g/mol. The number of carboxylic acids is 1. The minimum Gasteiger partial charge on any atom is -0.480 e. The highest BCUT2D eigenvalue weighted by Gasteiger charge is 2.28. The number of hydrogen-bond donors (Lipinski definition) is 3. The van der Waals surface area contributed by atoms with Crippen LogP contribution in [-0.2, 0) is 37.5 Å². The van der Waals surface area contributed by atoms with Crippen LogP contribution < -0.4 is 5.73 Å². The predicted octanol–water partition coefficient (Wildman–Crippen LogP) is 10.1. The minimum atomic E-state index is -4.71. The van der Waals surface area contributed by atoms with Gasteiger partial charge in [0, 0.05) is 12.8 Å². The molecule has 0 saturated carbocycles. The van der Waals surface area contributed by atoms with Crippen LogP contribution in [0.3, 0.4) is 0 Å². The third-order valence-corrected chi connectivity index (χ3v) is 9.31.